The normalized spacial score (nSPS) is 10.3. The third-order valence-corrected chi connectivity index (χ3v) is 3.67. The number of aromatic hydroxyl groups is 1. The number of anilines is 3. The summed E-state index contributed by atoms with van der Waals surface area (Å²) in [5.41, 5.74) is 0.862. The van der Waals surface area contributed by atoms with Gasteiger partial charge in [-0.15, -0.1) is 0 Å². The number of aromatic carboxylic acids is 1. The van der Waals surface area contributed by atoms with Crippen molar-refractivity contribution in [3.63, 3.8) is 0 Å². The van der Waals surface area contributed by atoms with Crippen LogP contribution in [0.3, 0.4) is 0 Å². The lowest BCUT2D eigenvalue weighted by atomic mass is 10.2. The molecular weight excluding hydrogens is 374 g/mol. The van der Waals surface area contributed by atoms with E-state index in [4.69, 9.17) is 16.7 Å². The summed E-state index contributed by atoms with van der Waals surface area (Å²) >= 11 is 5.95. The first-order chi connectivity index (χ1) is 12.9. The first kappa shape index (κ1) is 18.1. The van der Waals surface area contributed by atoms with Crippen LogP contribution in [0.15, 0.2) is 48.9 Å². The number of hydrogen-bond acceptors (Lipinski definition) is 7. The van der Waals surface area contributed by atoms with Gasteiger partial charge < -0.3 is 20.8 Å². The van der Waals surface area contributed by atoms with Gasteiger partial charge in [0.1, 0.15) is 11.4 Å². The summed E-state index contributed by atoms with van der Waals surface area (Å²) in [6, 6.07) is 6.92. The molecule has 3 aromatic rings. The molecule has 0 aliphatic carbocycles. The number of carbonyl (C=O) groups excluding carboxylic acids is 1. The van der Waals surface area contributed by atoms with Gasteiger partial charge in [0.2, 0.25) is 5.95 Å². The predicted octanol–water partition coefficient (Wildman–Crippen LogP) is 2.92. The van der Waals surface area contributed by atoms with Crippen molar-refractivity contribution < 1.29 is 19.8 Å². The van der Waals surface area contributed by atoms with Gasteiger partial charge in [0.25, 0.3) is 5.91 Å². The van der Waals surface area contributed by atoms with Crippen molar-refractivity contribution in [2.45, 2.75) is 0 Å². The number of rotatable bonds is 5. The standard InChI is InChI=1S/C17H12ClN5O4/c18-13-3-2-11(24)5-12(13)15(25)22-10-7-20-17(21-8-10)23-9-1-4-14(16(26)27)19-6-9/h1-8,24H,(H,22,25)(H,26,27)(H,20,21,23). The molecule has 0 fully saturated rings. The number of amides is 1. The quantitative estimate of drug-likeness (QED) is 0.526. The first-order valence-corrected chi connectivity index (χ1v) is 7.88. The average molecular weight is 386 g/mol. The zero-order chi connectivity index (χ0) is 19.4. The van der Waals surface area contributed by atoms with Gasteiger partial charge >= 0.3 is 5.97 Å². The van der Waals surface area contributed by atoms with Gasteiger partial charge in [-0.3, -0.25) is 4.79 Å². The van der Waals surface area contributed by atoms with Crippen molar-refractivity contribution in [2.24, 2.45) is 0 Å². The van der Waals surface area contributed by atoms with Gasteiger partial charge in [0.05, 0.1) is 40.6 Å². The highest BCUT2D eigenvalue weighted by atomic mass is 35.5. The van der Waals surface area contributed by atoms with Gasteiger partial charge in [0, 0.05) is 0 Å². The van der Waals surface area contributed by atoms with Crippen LogP contribution in [0.2, 0.25) is 5.02 Å². The van der Waals surface area contributed by atoms with Crippen molar-refractivity contribution in [3.8, 4) is 5.75 Å². The second-order valence-electron chi connectivity index (χ2n) is 5.28. The minimum Gasteiger partial charge on any atom is -0.508 e. The van der Waals surface area contributed by atoms with Crippen LogP contribution in [0.5, 0.6) is 5.75 Å². The maximum atomic E-state index is 12.2. The van der Waals surface area contributed by atoms with Gasteiger partial charge in [0.15, 0.2) is 0 Å². The Morgan fingerprint density at radius 3 is 2.30 bits per heavy atom. The average Bonchev–Trinajstić information content (AvgIpc) is 2.65. The minimum atomic E-state index is -1.12. The Balaban J connectivity index is 1.67. The second kappa shape index (κ2) is 7.67. The zero-order valence-electron chi connectivity index (χ0n) is 13.5. The van der Waals surface area contributed by atoms with E-state index in [1.165, 1.54) is 48.9 Å². The molecule has 136 valence electrons. The molecule has 0 atom stereocenters. The molecular formula is C17H12ClN5O4. The van der Waals surface area contributed by atoms with Crippen LogP contribution in [0, 0.1) is 0 Å². The molecule has 0 spiro atoms. The largest absolute Gasteiger partial charge is 0.508 e. The van der Waals surface area contributed by atoms with Gasteiger partial charge in [-0.05, 0) is 30.3 Å². The van der Waals surface area contributed by atoms with E-state index in [1.807, 2.05) is 0 Å². The molecule has 0 saturated carbocycles. The van der Waals surface area contributed by atoms with Crippen LogP contribution in [0.1, 0.15) is 20.8 Å². The third-order valence-electron chi connectivity index (χ3n) is 3.34. The summed E-state index contributed by atoms with van der Waals surface area (Å²) in [6.45, 7) is 0. The SMILES string of the molecule is O=C(O)c1ccc(Nc2ncc(NC(=O)c3cc(O)ccc3Cl)cn2)cn1. The monoisotopic (exact) mass is 385 g/mol. The molecule has 4 N–H and O–H groups in total. The zero-order valence-corrected chi connectivity index (χ0v) is 14.3. The number of halogens is 1. The number of carboxylic acids is 1. The molecule has 0 aliphatic heterocycles. The molecule has 1 aromatic carbocycles. The Labute approximate surface area is 157 Å². The number of hydrogen-bond donors (Lipinski definition) is 4. The summed E-state index contributed by atoms with van der Waals surface area (Å²) in [7, 11) is 0. The molecule has 0 saturated heterocycles. The summed E-state index contributed by atoms with van der Waals surface area (Å²) < 4.78 is 0. The van der Waals surface area contributed by atoms with Crippen molar-refractivity contribution >= 4 is 40.8 Å². The molecule has 0 bridgehead atoms. The molecule has 10 heteroatoms. The molecule has 3 rings (SSSR count). The maximum absolute atomic E-state index is 12.2. The highest BCUT2D eigenvalue weighted by Crippen LogP contribution is 2.22. The Bertz CT molecular complexity index is 993. The molecule has 0 unspecified atom stereocenters. The van der Waals surface area contributed by atoms with E-state index < -0.39 is 11.9 Å². The lowest BCUT2D eigenvalue weighted by Gasteiger charge is -2.08. The topological polar surface area (TPSA) is 137 Å². The lowest BCUT2D eigenvalue weighted by Crippen LogP contribution is -2.13. The maximum Gasteiger partial charge on any atom is 0.354 e. The smallest absolute Gasteiger partial charge is 0.354 e. The fourth-order valence-electron chi connectivity index (χ4n) is 2.07. The fraction of sp³-hybridized carbons (Fsp3) is 0. The van der Waals surface area contributed by atoms with Crippen molar-refractivity contribution in [3.05, 3.63) is 65.2 Å². The van der Waals surface area contributed by atoms with E-state index in [1.54, 1.807) is 0 Å². The highest BCUT2D eigenvalue weighted by molar-refractivity contribution is 6.34. The molecule has 27 heavy (non-hydrogen) atoms. The number of pyridine rings is 1. The summed E-state index contributed by atoms with van der Waals surface area (Å²) in [5.74, 6) is -1.49. The van der Waals surface area contributed by atoms with Gasteiger partial charge in [-0.25, -0.2) is 19.7 Å². The number of phenols is 1. The van der Waals surface area contributed by atoms with E-state index >= 15 is 0 Å². The van der Waals surface area contributed by atoms with E-state index in [0.29, 0.717) is 11.4 Å². The number of carboxylic acid groups (broad SMARTS) is 1. The van der Waals surface area contributed by atoms with Crippen LogP contribution < -0.4 is 10.6 Å². The molecule has 2 heterocycles. The van der Waals surface area contributed by atoms with E-state index in [2.05, 4.69) is 25.6 Å². The summed E-state index contributed by atoms with van der Waals surface area (Å²) in [4.78, 5) is 34.9. The molecule has 0 aliphatic rings. The minimum absolute atomic E-state index is 0.0786. The van der Waals surface area contributed by atoms with Crippen LogP contribution in [-0.4, -0.2) is 37.0 Å². The lowest BCUT2D eigenvalue weighted by molar-refractivity contribution is 0.0690. The van der Waals surface area contributed by atoms with Gasteiger partial charge in [-0.2, -0.15) is 0 Å². The number of benzene rings is 1. The number of carbonyl (C=O) groups is 2. The number of nitrogens with one attached hydrogen (secondary N) is 2. The van der Waals surface area contributed by atoms with Crippen LogP contribution in [-0.2, 0) is 0 Å². The Morgan fingerprint density at radius 2 is 1.67 bits per heavy atom. The van der Waals surface area contributed by atoms with Crippen LogP contribution >= 0.6 is 11.6 Å². The molecule has 1 amide bonds. The van der Waals surface area contributed by atoms with E-state index in [9.17, 15) is 14.7 Å². The highest BCUT2D eigenvalue weighted by Gasteiger charge is 2.12. The second-order valence-corrected chi connectivity index (χ2v) is 5.68. The Morgan fingerprint density at radius 1 is 0.963 bits per heavy atom. The summed E-state index contributed by atoms with van der Waals surface area (Å²) in [5, 5.41) is 23.9. The van der Waals surface area contributed by atoms with Gasteiger partial charge in [-0.1, -0.05) is 11.6 Å². The van der Waals surface area contributed by atoms with Crippen LogP contribution in [0.25, 0.3) is 0 Å². The van der Waals surface area contributed by atoms with Crippen molar-refractivity contribution in [2.75, 3.05) is 10.6 Å². The molecule has 0 radical (unpaired) electrons. The fourth-order valence-corrected chi connectivity index (χ4v) is 2.27. The number of nitrogens with zero attached hydrogens (tertiary/aromatic N) is 3. The van der Waals surface area contributed by atoms with E-state index in [0.717, 1.165) is 0 Å². The Hall–Kier alpha value is -3.72. The van der Waals surface area contributed by atoms with E-state index in [-0.39, 0.29) is 28.0 Å². The molecule has 2 aromatic heterocycles. The van der Waals surface area contributed by atoms with Crippen molar-refractivity contribution in [1.29, 1.82) is 0 Å². The predicted molar refractivity (Wildman–Crippen MR) is 97.6 cm³/mol. The Kier molecular flexibility index (Phi) is 5.13. The number of aromatic nitrogens is 3. The third kappa shape index (κ3) is 4.47. The van der Waals surface area contributed by atoms with Crippen LogP contribution in [0.4, 0.5) is 17.3 Å². The number of phenolic OH excluding ortho intramolecular Hbond substituents is 1. The molecule has 9 nitrogen and oxygen atoms in total. The summed E-state index contributed by atoms with van der Waals surface area (Å²) in [6.07, 6.45) is 4.10. The first-order valence-electron chi connectivity index (χ1n) is 7.50. The van der Waals surface area contributed by atoms with Crippen molar-refractivity contribution in [1.82, 2.24) is 15.0 Å².